The second-order valence-corrected chi connectivity index (χ2v) is 12.8. The van der Waals surface area contributed by atoms with Gasteiger partial charge in [-0.25, -0.2) is 0 Å². The molecule has 1 N–H and O–H groups in total. The molecule has 0 fully saturated rings. The summed E-state index contributed by atoms with van der Waals surface area (Å²) in [4.78, 5) is 38.0. The summed E-state index contributed by atoms with van der Waals surface area (Å²) in [6, 6.07) is 9.45. The zero-order chi connectivity index (χ0) is 32.4. The molecule has 2 rings (SSSR count). The first kappa shape index (κ1) is 38.3. The van der Waals surface area contributed by atoms with Crippen molar-refractivity contribution in [2.24, 2.45) is 5.41 Å². The fourth-order valence-corrected chi connectivity index (χ4v) is 6.00. The van der Waals surface area contributed by atoms with Gasteiger partial charge in [-0.3, -0.25) is 14.4 Å². The molecule has 1 aliphatic carbocycles. The summed E-state index contributed by atoms with van der Waals surface area (Å²) in [6.45, 7) is 2.73. The van der Waals surface area contributed by atoms with E-state index in [0.717, 1.165) is 82.6 Å². The van der Waals surface area contributed by atoms with Crippen molar-refractivity contribution in [1.82, 2.24) is 0 Å². The number of aliphatic carboxylic acids is 1. The van der Waals surface area contributed by atoms with E-state index in [2.05, 4.69) is 13.0 Å². The van der Waals surface area contributed by atoms with Crippen molar-refractivity contribution in [2.75, 3.05) is 6.61 Å². The molecule has 0 radical (unpaired) electrons. The molecule has 6 nitrogen and oxygen atoms in total. The third-order valence-corrected chi connectivity index (χ3v) is 8.97. The summed E-state index contributed by atoms with van der Waals surface area (Å²) in [6.07, 6.45) is 27.3. The average molecular weight is 625 g/mol. The van der Waals surface area contributed by atoms with Crippen molar-refractivity contribution in [3.05, 3.63) is 59.7 Å². The lowest BCUT2D eigenvalue weighted by molar-refractivity contribution is -0.171. The van der Waals surface area contributed by atoms with Crippen molar-refractivity contribution in [3.8, 4) is 0 Å². The second kappa shape index (κ2) is 24.4. The maximum atomic E-state index is 13.3. The smallest absolute Gasteiger partial charge is 0.323 e. The lowest BCUT2D eigenvalue weighted by Gasteiger charge is -2.27. The first-order valence-corrected chi connectivity index (χ1v) is 17.9. The summed E-state index contributed by atoms with van der Waals surface area (Å²) >= 11 is 0. The van der Waals surface area contributed by atoms with Crippen LogP contribution in [0.3, 0.4) is 0 Å². The number of hydrogen-bond acceptors (Lipinski definition) is 5. The van der Waals surface area contributed by atoms with Crippen LogP contribution in [0.2, 0.25) is 0 Å². The minimum absolute atomic E-state index is 0.0971. The Balaban J connectivity index is 1.68. The van der Waals surface area contributed by atoms with E-state index in [-0.39, 0.29) is 12.6 Å². The molecule has 1 aromatic carbocycles. The zero-order valence-corrected chi connectivity index (χ0v) is 28.1. The van der Waals surface area contributed by atoms with Gasteiger partial charge in [0.05, 0.1) is 0 Å². The predicted octanol–water partition coefficient (Wildman–Crippen LogP) is 10.4. The van der Waals surface area contributed by atoms with Crippen molar-refractivity contribution >= 4 is 17.9 Å². The maximum Gasteiger partial charge on any atom is 0.323 e. The molecule has 1 aliphatic rings. The molecule has 252 valence electrons. The molecule has 0 bridgehead atoms. The fraction of sp³-hybridized carbons (Fsp3) is 0.667. The fourth-order valence-electron chi connectivity index (χ4n) is 6.00. The van der Waals surface area contributed by atoms with E-state index in [1.807, 2.05) is 42.5 Å². The summed E-state index contributed by atoms with van der Waals surface area (Å²) in [5.74, 6) is -1.76. The number of hydrogen-bond donors (Lipinski definition) is 1. The third kappa shape index (κ3) is 16.8. The van der Waals surface area contributed by atoms with Crippen LogP contribution < -0.4 is 0 Å². The number of ether oxygens (including phenoxy) is 2. The van der Waals surface area contributed by atoms with E-state index in [4.69, 9.17) is 9.47 Å². The molecule has 0 saturated heterocycles. The maximum absolute atomic E-state index is 13.3. The number of carbonyl (C=O) groups excluding carboxylic acids is 2. The van der Waals surface area contributed by atoms with E-state index >= 15 is 0 Å². The summed E-state index contributed by atoms with van der Waals surface area (Å²) < 4.78 is 11.0. The van der Waals surface area contributed by atoms with Crippen LogP contribution in [0.15, 0.2) is 54.1 Å². The van der Waals surface area contributed by atoms with E-state index in [1.165, 1.54) is 44.1 Å². The Bertz CT molecular complexity index is 1010. The Morgan fingerprint density at radius 2 is 1.27 bits per heavy atom. The van der Waals surface area contributed by atoms with Crippen molar-refractivity contribution in [1.29, 1.82) is 0 Å². The number of carbonyl (C=O) groups is 3. The Kier molecular flexibility index (Phi) is 20.7. The predicted molar refractivity (Wildman–Crippen MR) is 182 cm³/mol. The van der Waals surface area contributed by atoms with Gasteiger partial charge in [0.15, 0.2) is 5.41 Å². The van der Waals surface area contributed by atoms with Gasteiger partial charge in [-0.2, -0.15) is 0 Å². The summed E-state index contributed by atoms with van der Waals surface area (Å²) in [7, 11) is 0. The SMILES string of the molecule is CCCCCCCCCCCC(CCCCCCCCCCC(=O)OCC1=CC=CCC1)(C(=O)O)C(=O)OCc1ccccc1. The quantitative estimate of drug-likeness (QED) is 0.0595. The Labute approximate surface area is 273 Å². The molecule has 0 saturated carbocycles. The molecular weight excluding hydrogens is 564 g/mol. The van der Waals surface area contributed by atoms with Crippen LogP contribution in [0.1, 0.15) is 154 Å². The molecule has 0 spiro atoms. The van der Waals surface area contributed by atoms with Crippen molar-refractivity contribution in [2.45, 2.75) is 155 Å². The lowest BCUT2D eigenvalue weighted by atomic mass is 9.77. The van der Waals surface area contributed by atoms with E-state index in [0.29, 0.717) is 32.3 Å². The number of esters is 2. The second-order valence-electron chi connectivity index (χ2n) is 12.8. The highest BCUT2D eigenvalue weighted by atomic mass is 16.5. The molecule has 0 aromatic heterocycles. The molecular formula is C39H60O6. The average Bonchev–Trinajstić information content (AvgIpc) is 3.06. The Morgan fingerprint density at radius 3 is 1.80 bits per heavy atom. The number of carboxylic acids is 1. The van der Waals surface area contributed by atoms with E-state index < -0.39 is 17.4 Å². The minimum Gasteiger partial charge on any atom is -0.480 e. The van der Waals surface area contributed by atoms with Crippen molar-refractivity contribution in [3.63, 3.8) is 0 Å². The molecule has 6 heteroatoms. The Hall–Kier alpha value is -2.89. The van der Waals surface area contributed by atoms with Gasteiger partial charge < -0.3 is 14.6 Å². The standard InChI is InChI=1S/C39H60O6/c1-2-3-4-5-6-8-11-14-23-30-39(37(41)42,38(43)45-33-35-27-20-17-21-28-35)31-24-15-12-9-7-10-13-22-29-36(40)44-32-34-25-18-16-19-26-34/h16-18,20-21,25,27-28H,2-15,19,22-24,26,29-33H2,1H3,(H,41,42). The van der Waals surface area contributed by atoms with Gasteiger partial charge >= 0.3 is 17.9 Å². The highest BCUT2D eigenvalue weighted by Gasteiger charge is 2.46. The number of allylic oxidation sites excluding steroid dienone is 3. The first-order valence-electron chi connectivity index (χ1n) is 17.9. The monoisotopic (exact) mass is 624 g/mol. The molecule has 0 heterocycles. The van der Waals surface area contributed by atoms with E-state index in [9.17, 15) is 19.5 Å². The first-order chi connectivity index (χ1) is 22.0. The normalized spacial score (nSPS) is 14.0. The van der Waals surface area contributed by atoms with Gasteiger partial charge in [0, 0.05) is 6.42 Å². The molecule has 0 amide bonds. The summed E-state index contributed by atoms with van der Waals surface area (Å²) in [5, 5.41) is 10.3. The Morgan fingerprint density at radius 1 is 0.711 bits per heavy atom. The van der Waals surface area contributed by atoms with Gasteiger partial charge in [0.2, 0.25) is 0 Å². The van der Waals surface area contributed by atoms with Crippen LogP contribution >= 0.6 is 0 Å². The molecule has 1 atom stereocenters. The minimum atomic E-state index is -1.48. The van der Waals surface area contributed by atoms with Crippen LogP contribution in [-0.2, 0) is 30.5 Å². The largest absolute Gasteiger partial charge is 0.480 e. The van der Waals surface area contributed by atoms with Crippen LogP contribution in [0.25, 0.3) is 0 Å². The van der Waals surface area contributed by atoms with Crippen LogP contribution in [0.5, 0.6) is 0 Å². The lowest BCUT2D eigenvalue weighted by Crippen LogP contribution is -2.41. The van der Waals surface area contributed by atoms with Crippen LogP contribution in [0.4, 0.5) is 0 Å². The number of benzene rings is 1. The summed E-state index contributed by atoms with van der Waals surface area (Å²) in [5.41, 5.74) is 0.563. The molecule has 1 aromatic rings. The molecule has 0 aliphatic heterocycles. The van der Waals surface area contributed by atoms with Crippen LogP contribution in [0, 0.1) is 5.41 Å². The number of unbranched alkanes of at least 4 members (excludes halogenated alkanes) is 15. The van der Waals surface area contributed by atoms with Gasteiger partial charge in [-0.05, 0) is 43.2 Å². The zero-order valence-electron chi connectivity index (χ0n) is 28.1. The van der Waals surface area contributed by atoms with Gasteiger partial charge in [-0.1, -0.05) is 158 Å². The van der Waals surface area contributed by atoms with Gasteiger partial charge in [-0.15, -0.1) is 0 Å². The number of rotatable bonds is 27. The number of carboxylic acid groups (broad SMARTS) is 1. The van der Waals surface area contributed by atoms with Crippen LogP contribution in [-0.4, -0.2) is 29.6 Å². The van der Waals surface area contributed by atoms with Gasteiger partial charge in [0.1, 0.15) is 13.2 Å². The van der Waals surface area contributed by atoms with E-state index in [1.54, 1.807) is 0 Å². The third-order valence-electron chi connectivity index (χ3n) is 8.97. The van der Waals surface area contributed by atoms with Crippen molar-refractivity contribution < 1.29 is 29.0 Å². The van der Waals surface area contributed by atoms with Gasteiger partial charge in [0.25, 0.3) is 0 Å². The molecule has 1 unspecified atom stereocenters. The molecule has 45 heavy (non-hydrogen) atoms. The highest BCUT2D eigenvalue weighted by molar-refractivity contribution is 5.99. The highest BCUT2D eigenvalue weighted by Crippen LogP contribution is 2.35. The topological polar surface area (TPSA) is 89.9 Å².